The van der Waals surface area contributed by atoms with Gasteiger partial charge in [0.1, 0.15) is 12.1 Å². The Morgan fingerprint density at radius 3 is 2.73 bits per heavy atom. The summed E-state index contributed by atoms with van der Waals surface area (Å²) in [5, 5.41) is 6.07. The molecule has 0 saturated heterocycles. The van der Waals surface area contributed by atoms with E-state index in [0.717, 1.165) is 16.9 Å². The average Bonchev–Trinajstić information content (AvgIpc) is 2.97. The van der Waals surface area contributed by atoms with Crippen LogP contribution in [0, 0.1) is 11.8 Å². The van der Waals surface area contributed by atoms with Crippen molar-refractivity contribution in [2.45, 2.75) is 33.2 Å². The van der Waals surface area contributed by atoms with Gasteiger partial charge in [-0.05, 0) is 57.9 Å². The van der Waals surface area contributed by atoms with Gasteiger partial charge >= 0.3 is 0 Å². The molecule has 0 aliphatic carbocycles. The van der Waals surface area contributed by atoms with Crippen molar-refractivity contribution >= 4 is 28.4 Å². The van der Waals surface area contributed by atoms with Crippen molar-refractivity contribution in [1.29, 1.82) is 0 Å². The van der Waals surface area contributed by atoms with E-state index < -0.39 is 0 Å². The smallest absolute Gasteiger partial charge is 0.300 e. The Bertz CT molecular complexity index is 1020. The van der Waals surface area contributed by atoms with Crippen LogP contribution in [0.4, 0.5) is 11.5 Å². The fourth-order valence-corrected chi connectivity index (χ4v) is 2.44. The van der Waals surface area contributed by atoms with Gasteiger partial charge in [-0.3, -0.25) is 9.36 Å². The average molecular weight is 348 g/mol. The number of benzene rings is 1. The van der Waals surface area contributed by atoms with E-state index in [2.05, 4.69) is 58.2 Å². The minimum atomic E-state index is -0.356. The SMILES string of the molecule is CC#CC(=O)Nc1ccc2ncn(-c3nccc(NC(C)(C)C)n3)c2c1. The lowest BCUT2D eigenvalue weighted by molar-refractivity contribution is -0.111. The van der Waals surface area contributed by atoms with E-state index >= 15 is 0 Å². The van der Waals surface area contributed by atoms with Crippen LogP contribution in [-0.4, -0.2) is 31.0 Å². The van der Waals surface area contributed by atoms with Gasteiger partial charge in [0.25, 0.3) is 5.91 Å². The Balaban J connectivity index is 1.98. The van der Waals surface area contributed by atoms with E-state index in [1.54, 1.807) is 30.1 Å². The Hall–Kier alpha value is -3.40. The van der Waals surface area contributed by atoms with Crippen LogP contribution in [-0.2, 0) is 4.79 Å². The molecule has 2 N–H and O–H groups in total. The topological polar surface area (TPSA) is 84.7 Å². The molecule has 0 fully saturated rings. The molecule has 0 atom stereocenters. The molecule has 0 spiro atoms. The van der Waals surface area contributed by atoms with Crippen LogP contribution in [0.15, 0.2) is 36.8 Å². The predicted molar refractivity (Wildman–Crippen MR) is 102 cm³/mol. The van der Waals surface area contributed by atoms with Crippen molar-refractivity contribution in [3.05, 3.63) is 36.8 Å². The van der Waals surface area contributed by atoms with Crippen LogP contribution < -0.4 is 10.6 Å². The minimum Gasteiger partial charge on any atom is -0.365 e. The number of nitrogens with zero attached hydrogens (tertiary/aromatic N) is 4. The van der Waals surface area contributed by atoms with E-state index in [4.69, 9.17) is 0 Å². The standard InChI is InChI=1S/C19H20N6O/c1-5-6-17(26)22-13-7-8-14-15(11-13)25(12-21-14)18-20-10-9-16(23-18)24-19(2,3)4/h7-12H,1-4H3,(H,22,26)(H,20,23,24). The molecule has 0 unspecified atom stereocenters. The Morgan fingerprint density at radius 2 is 2.00 bits per heavy atom. The van der Waals surface area contributed by atoms with E-state index in [-0.39, 0.29) is 11.4 Å². The molecule has 2 aromatic heterocycles. The first-order chi connectivity index (χ1) is 12.4. The van der Waals surface area contributed by atoms with Crippen LogP contribution >= 0.6 is 0 Å². The maximum atomic E-state index is 11.7. The number of fused-ring (bicyclic) bond motifs is 1. The first-order valence-electron chi connectivity index (χ1n) is 8.18. The lowest BCUT2D eigenvalue weighted by atomic mass is 10.1. The van der Waals surface area contributed by atoms with Crippen molar-refractivity contribution < 1.29 is 4.79 Å². The summed E-state index contributed by atoms with van der Waals surface area (Å²) in [7, 11) is 0. The molecular weight excluding hydrogens is 328 g/mol. The molecular formula is C19H20N6O. The van der Waals surface area contributed by atoms with Crippen molar-refractivity contribution in [1.82, 2.24) is 19.5 Å². The first-order valence-corrected chi connectivity index (χ1v) is 8.18. The molecule has 0 aliphatic heterocycles. The van der Waals surface area contributed by atoms with Gasteiger partial charge in [-0.25, -0.2) is 9.97 Å². The summed E-state index contributed by atoms with van der Waals surface area (Å²) < 4.78 is 1.78. The second-order valence-electron chi connectivity index (χ2n) is 6.76. The summed E-state index contributed by atoms with van der Waals surface area (Å²) in [6.07, 6.45) is 3.36. The van der Waals surface area contributed by atoms with Gasteiger partial charge in [0.15, 0.2) is 0 Å². The monoisotopic (exact) mass is 348 g/mol. The Morgan fingerprint density at radius 1 is 1.19 bits per heavy atom. The highest BCUT2D eigenvalue weighted by molar-refractivity contribution is 6.04. The quantitative estimate of drug-likeness (QED) is 0.711. The third-order valence-corrected chi connectivity index (χ3v) is 3.41. The summed E-state index contributed by atoms with van der Waals surface area (Å²) >= 11 is 0. The molecule has 0 radical (unpaired) electrons. The van der Waals surface area contributed by atoms with Gasteiger partial charge in [-0.1, -0.05) is 5.92 Å². The molecule has 0 bridgehead atoms. The van der Waals surface area contributed by atoms with E-state index in [1.165, 1.54) is 0 Å². The predicted octanol–water partition coefficient (Wildman–Crippen LogP) is 2.99. The molecule has 0 saturated carbocycles. The molecule has 7 heteroatoms. The Labute approximate surface area is 151 Å². The number of amides is 1. The molecule has 2 heterocycles. The van der Waals surface area contributed by atoms with Gasteiger partial charge in [0.05, 0.1) is 11.0 Å². The Kier molecular flexibility index (Phi) is 4.59. The molecule has 7 nitrogen and oxygen atoms in total. The number of nitrogens with one attached hydrogen (secondary N) is 2. The molecule has 1 aromatic carbocycles. The second kappa shape index (κ2) is 6.84. The molecule has 3 aromatic rings. The van der Waals surface area contributed by atoms with Crippen molar-refractivity contribution in [3.63, 3.8) is 0 Å². The summed E-state index contributed by atoms with van der Waals surface area (Å²) in [6.45, 7) is 7.81. The summed E-state index contributed by atoms with van der Waals surface area (Å²) in [5.74, 6) is 5.90. The van der Waals surface area contributed by atoms with E-state index in [1.807, 2.05) is 18.2 Å². The van der Waals surface area contributed by atoms with Crippen LogP contribution in [0.2, 0.25) is 0 Å². The van der Waals surface area contributed by atoms with Crippen molar-refractivity contribution in [2.24, 2.45) is 0 Å². The van der Waals surface area contributed by atoms with E-state index in [9.17, 15) is 4.79 Å². The maximum Gasteiger partial charge on any atom is 0.300 e. The first kappa shape index (κ1) is 17.4. The highest BCUT2D eigenvalue weighted by atomic mass is 16.1. The van der Waals surface area contributed by atoms with Crippen molar-refractivity contribution in [3.8, 4) is 17.8 Å². The lowest BCUT2D eigenvalue weighted by Crippen LogP contribution is -2.26. The number of rotatable bonds is 3. The highest BCUT2D eigenvalue weighted by Gasteiger charge is 2.13. The minimum absolute atomic E-state index is 0.111. The number of imidazole rings is 1. The molecule has 3 rings (SSSR count). The fraction of sp³-hybridized carbons (Fsp3) is 0.263. The van der Waals surface area contributed by atoms with Gasteiger partial charge in [0.2, 0.25) is 5.95 Å². The maximum absolute atomic E-state index is 11.7. The van der Waals surface area contributed by atoms with Crippen molar-refractivity contribution in [2.75, 3.05) is 10.6 Å². The number of hydrogen-bond donors (Lipinski definition) is 2. The largest absolute Gasteiger partial charge is 0.365 e. The van der Waals surface area contributed by atoms with Crippen LogP contribution in [0.1, 0.15) is 27.7 Å². The molecule has 1 amide bonds. The van der Waals surface area contributed by atoms with Gasteiger partial charge < -0.3 is 10.6 Å². The normalized spacial score (nSPS) is 10.9. The fourth-order valence-electron chi connectivity index (χ4n) is 2.44. The third kappa shape index (κ3) is 3.98. The summed E-state index contributed by atoms with van der Waals surface area (Å²) in [4.78, 5) is 25.0. The van der Waals surface area contributed by atoms with E-state index in [0.29, 0.717) is 11.6 Å². The zero-order valence-electron chi connectivity index (χ0n) is 15.2. The van der Waals surface area contributed by atoms with Crippen LogP contribution in [0.3, 0.4) is 0 Å². The zero-order chi connectivity index (χ0) is 18.7. The number of carbonyl (C=O) groups excluding carboxylic acids is 1. The number of hydrogen-bond acceptors (Lipinski definition) is 5. The third-order valence-electron chi connectivity index (χ3n) is 3.41. The summed E-state index contributed by atoms with van der Waals surface area (Å²) in [5.41, 5.74) is 2.10. The number of anilines is 2. The van der Waals surface area contributed by atoms with Crippen LogP contribution in [0.5, 0.6) is 0 Å². The molecule has 0 aliphatic rings. The zero-order valence-corrected chi connectivity index (χ0v) is 15.2. The van der Waals surface area contributed by atoms with Gasteiger partial charge in [-0.2, -0.15) is 4.98 Å². The highest BCUT2D eigenvalue weighted by Crippen LogP contribution is 2.21. The number of carbonyl (C=O) groups is 1. The van der Waals surface area contributed by atoms with Gasteiger partial charge in [-0.15, -0.1) is 0 Å². The lowest BCUT2D eigenvalue weighted by Gasteiger charge is -2.21. The number of aromatic nitrogens is 4. The molecule has 132 valence electrons. The summed E-state index contributed by atoms with van der Waals surface area (Å²) in [6, 6.07) is 7.26. The second-order valence-corrected chi connectivity index (χ2v) is 6.76. The van der Waals surface area contributed by atoms with Gasteiger partial charge in [0, 0.05) is 17.4 Å². The molecule has 26 heavy (non-hydrogen) atoms. The van der Waals surface area contributed by atoms with Crippen LogP contribution in [0.25, 0.3) is 17.0 Å².